The van der Waals surface area contributed by atoms with Crippen LogP contribution in [0.15, 0.2) is 24.3 Å². The lowest BCUT2D eigenvalue weighted by atomic mass is 9.97. The molecule has 1 N–H and O–H groups in total. The number of aromatic hydroxyl groups is 1. The van der Waals surface area contributed by atoms with E-state index in [2.05, 4.69) is 6.07 Å². The van der Waals surface area contributed by atoms with E-state index in [1.54, 1.807) is 13.2 Å². The van der Waals surface area contributed by atoms with Gasteiger partial charge in [0.25, 0.3) is 0 Å². The Morgan fingerprint density at radius 3 is 2.32 bits per heavy atom. The lowest BCUT2D eigenvalue weighted by Gasteiger charge is -2.15. The summed E-state index contributed by atoms with van der Waals surface area (Å²) < 4.78 is 5.42. The van der Waals surface area contributed by atoms with E-state index in [4.69, 9.17) is 27.9 Å². The van der Waals surface area contributed by atoms with Crippen molar-refractivity contribution in [3.8, 4) is 22.6 Å². The van der Waals surface area contributed by atoms with Crippen molar-refractivity contribution < 1.29 is 9.84 Å². The fourth-order valence-electron chi connectivity index (χ4n) is 2.16. The summed E-state index contributed by atoms with van der Waals surface area (Å²) in [5.41, 5.74) is 3.79. The molecular formula is C15H14Cl2O2. The standard InChI is InChI=1S/C15H14Cl2O2/c1-8-4-9(2)15(14(5-8)19-3)10-6-12(17)13(18)7-11(10)16/h4-7,18H,1-3H3. The molecule has 0 aromatic heterocycles. The van der Waals surface area contributed by atoms with E-state index in [1.165, 1.54) is 6.07 Å². The van der Waals surface area contributed by atoms with Gasteiger partial charge in [0, 0.05) is 17.2 Å². The van der Waals surface area contributed by atoms with Crippen LogP contribution < -0.4 is 4.74 Å². The third kappa shape index (κ3) is 2.65. The monoisotopic (exact) mass is 296 g/mol. The number of ether oxygens (including phenoxy) is 1. The van der Waals surface area contributed by atoms with Crippen LogP contribution in [0.1, 0.15) is 11.1 Å². The van der Waals surface area contributed by atoms with Crippen LogP contribution in [0, 0.1) is 13.8 Å². The summed E-state index contributed by atoms with van der Waals surface area (Å²) in [6.07, 6.45) is 0. The van der Waals surface area contributed by atoms with Gasteiger partial charge in [0.1, 0.15) is 11.5 Å². The van der Waals surface area contributed by atoms with Crippen LogP contribution in [0.3, 0.4) is 0 Å². The molecule has 2 aromatic carbocycles. The average Bonchev–Trinajstić information content (AvgIpc) is 2.33. The van der Waals surface area contributed by atoms with Gasteiger partial charge in [0.2, 0.25) is 0 Å². The molecule has 0 amide bonds. The van der Waals surface area contributed by atoms with E-state index in [0.717, 1.165) is 28.0 Å². The Morgan fingerprint density at radius 2 is 1.68 bits per heavy atom. The number of benzene rings is 2. The van der Waals surface area contributed by atoms with E-state index < -0.39 is 0 Å². The maximum Gasteiger partial charge on any atom is 0.135 e. The SMILES string of the molecule is COc1cc(C)cc(C)c1-c1cc(Cl)c(O)cc1Cl. The molecule has 0 radical (unpaired) electrons. The molecular weight excluding hydrogens is 283 g/mol. The van der Waals surface area contributed by atoms with Crippen molar-refractivity contribution >= 4 is 23.2 Å². The molecule has 19 heavy (non-hydrogen) atoms. The van der Waals surface area contributed by atoms with Crippen molar-refractivity contribution in [1.82, 2.24) is 0 Å². The summed E-state index contributed by atoms with van der Waals surface area (Å²) in [5.74, 6) is 0.709. The Balaban J connectivity index is 2.75. The van der Waals surface area contributed by atoms with E-state index in [-0.39, 0.29) is 10.8 Å². The highest BCUT2D eigenvalue weighted by Gasteiger charge is 2.15. The number of hydrogen-bond donors (Lipinski definition) is 1. The first-order valence-corrected chi connectivity index (χ1v) is 6.53. The van der Waals surface area contributed by atoms with Crippen LogP contribution in [0.25, 0.3) is 11.1 Å². The number of hydrogen-bond acceptors (Lipinski definition) is 2. The summed E-state index contributed by atoms with van der Waals surface area (Å²) in [6, 6.07) is 7.09. The molecule has 0 atom stereocenters. The van der Waals surface area contributed by atoms with Gasteiger partial charge in [-0.15, -0.1) is 0 Å². The topological polar surface area (TPSA) is 29.5 Å². The maximum absolute atomic E-state index is 9.56. The predicted molar refractivity (Wildman–Crippen MR) is 79.6 cm³/mol. The van der Waals surface area contributed by atoms with Crippen molar-refractivity contribution in [3.05, 3.63) is 45.4 Å². The number of halogens is 2. The number of rotatable bonds is 2. The molecule has 0 fully saturated rings. The fraction of sp³-hybridized carbons (Fsp3) is 0.200. The predicted octanol–water partition coefficient (Wildman–Crippen LogP) is 4.99. The van der Waals surface area contributed by atoms with Crippen LogP contribution >= 0.6 is 23.2 Å². The van der Waals surface area contributed by atoms with Gasteiger partial charge in [-0.05, 0) is 37.1 Å². The highest BCUT2D eigenvalue weighted by Crippen LogP contribution is 2.41. The lowest BCUT2D eigenvalue weighted by Crippen LogP contribution is -1.93. The van der Waals surface area contributed by atoms with Crippen LogP contribution in [-0.4, -0.2) is 12.2 Å². The third-order valence-corrected chi connectivity index (χ3v) is 3.58. The van der Waals surface area contributed by atoms with Gasteiger partial charge >= 0.3 is 0 Å². The Labute approximate surface area is 122 Å². The quantitative estimate of drug-likeness (QED) is 0.846. The van der Waals surface area contributed by atoms with Crippen LogP contribution in [0.4, 0.5) is 0 Å². The molecule has 0 saturated heterocycles. The van der Waals surface area contributed by atoms with Crippen LogP contribution in [0.5, 0.6) is 11.5 Å². The molecule has 0 bridgehead atoms. The zero-order valence-corrected chi connectivity index (χ0v) is 12.4. The molecule has 0 spiro atoms. The van der Waals surface area contributed by atoms with E-state index >= 15 is 0 Å². The molecule has 2 nitrogen and oxygen atoms in total. The zero-order chi connectivity index (χ0) is 14.2. The van der Waals surface area contributed by atoms with Crippen molar-refractivity contribution in [1.29, 1.82) is 0 Å². The molecule has 0 aliphatic carbocycles. The van der Waals surface area contributed by atoms with Gasteiger partial charge in [0.05, 0.1) is 17.2 Å². The van der Waals surface area contributed by atoms with E-state index in [1.807, 2.05) is 19.9 Å². The first kappa shape index (κ1) is 14.0. The molecule has 2 aromatic rings. The van der Waals surface area contributed by atoms with Gasteiger partial charge in [0.15, 0.2) is 0 Å². The Morgan fingerprint density at radius 1 is 1.00 bits per heavy atom. The van der Waals surface area contributed by atoms with Gasteiger partial charge in [-0.25, -0.2) is 0 Å². The molecule has 0 aliphatic rings. The number of phenolic OH excluding ortho intramolecular Hbond substituents is 1. The van der Waals surface area contributed by atoms with Crippen molar-refractivity contribution in [2.45, 2.75) is 13.8 Å². The second-order valence-electron chi connectivity index (χ2n) is 4.44. The highest BCUT2D eigenvalue weighted by atomic mass is 35.5. The molecule has 0 unspecified atom stereocenters. The van der Waals surface area contributed by atoms with Crippen molar-refractivity contribution in [2.24, 2.45) is 0 Å². The first-order valence-electron chi connectivity index (χ1n) is 5.77. The summed E-state index contributed by atoms with van der Waals surface area (Å²) in [6.45, 7) is 3.99. The summed E-state index contributed by atoms with van der Waals surface area (Å²) >= 11 is 12.2. The minimum absolute atomic E-state index is 0.0286. The summed E-state index contributed by atoms with van der Waals surface area (Å²) in [5, 5.41) is 10.3. The number of aryl methyl sites for hydroxylation is 2. The maximum atomic E-state index is 9.56. The molecule has 100 valence electrons. The Bertz CT molecular complexity index is 637. The van der Waals surface area contributed by atoms with Crippen LogP contribution in [-0.2, 0) is 0 Å². The number of phenols is 1. The van der Waals surface area contributed by atoms with Crippen LogP contribution in [0.2, 0.25) is 10.0 Å². The largest absolute Gasteiger partial charge is 0.506 e. The summed E-state index contributed by atoms with van der Waals surface area (Å²) in [7, 11) is 1.62. The molecule has 0 heterocycles. The second-order valence-corrected chi connectivity index (χ2v) is 5.26. The average molecular weight is 297 g/mol. The Hall–Kier alpha value is -1.38. The Kier molecular flexibility index (Phi) is 3.93. The molecule has 2 rings (SSSR count). The van der Waals surface area contributed by atoms with E-state index in [0.29, 0.717) is 5.02 Å². The van der Waals surface area contributed by atoms with Gasteiger partial charge in [-0.2, -0.15) is 0 Å². The van der Waals surface area contributed by atoms with Gasteiger partial charge in [-0.3, -0.25) is 0 Å². The molecule has 0 aliphatic heterocycles. The third-order valence-electron chi connectivity index (χ3n) is 2.97. The zero-order valence-electron chi connectivity index (χ0n) is 10.9. The first-order chi connectivity index (χ1) is 8.93. The molecule has 4 heteroatoms. The normalized spacial score (nSPS) is 10.6. The van der Waals surface area contributed by atoms with Gasteiger partial charge in [-0.1, -0.05) is 29.3 Å². The highest BCUT2D eigenvalue weighted by molar-refractivity contribution is 6.36. The second kappa shape index (κ2) is 5.32. The fourth-order valence-corrected chi connectivity index (χ4v) is 2.58. The van der Waals surface area contributed by atoms with Crippen molar-refractivity contribution in [2.75, 3.05) is 7.11 Å². The lowest BCUT2D eigenvalue weighted by molar-refractivity contribution is 0.416. The molecule has 0 saturated carbocycles. The van der Waals surface area contributed by atoms with Gasteiger partial charge < -0.3 is 9.84 Å². The van der Waals surface area contributed by atoms with E-state index in [9.17, 15) is 5.11 Å². The number of methoxy groups -OCH3 is 1. The minimum atomic E-state index is -0.0286. The smallest absolute Gasteiger partial charge is 0.135 e. The van der Waals surface area contributed by atoms with Crippen molar-refractivity contribution in [3.63, 3.8) is 0 Å². The summed E-state index contributed by atoms with van der Waals surface area (Å²) in [4.78, 5) is 0. The minimum Gasteiger partial charge on any atom is -0.506 e.